The van der Waals surface area contributed by atoms with Gasteiger partial charge in [-0.2, -0.15) is 5.26 Å². The third kappa shape index (κ3) is 2.79. The third-order valence-electron chi connectivity index (χ3n) is 2.13. The van der Waals surface area contributed by atoms with Gasteiger partial charge in [0.25, 0.3) is 0 Å². The maximum Gasteiger partial charge on any atom is 0.322 e. The molecule has 2 rings (SSSR count). The van der Waals surface area contributed by atoms with Gasteiger partial charge in [0.1, 0.15) is 5.75 Å². The minimum atomic E-state index is 0.303. The van der Waals surface area contributed by atoms with Gasteiger partial charge in [-0.3, -0.25) is 0 Å². The van der Waals surface area contributed by atoms with Gasteiger partial charge in [0, 0.05) is 11.4 Å². The normalized spacial score (nSPS) is 9.71. The lowest BCUT2D eigenvalue weighted by Crippen LogP contribution is -1.95. The Morgan fingerprint density at radius 1 is 1.12 bits per heavy atom. The molecule has 0 radical (unpaired) electrons. The van der Waals surface area contributed by atoms with Gasteiger partial charge in [-0.05, 0) is 38.1 Å². The Bertz CT molecular complexity index is 567. The van der Waals surface area contributed by atoms with Crippen LogP contribution in [0, 0.1) is 25.2 Å². The molecule has 0 aliphatic rings. The van der Waals surface area contributed by atoms with Crippen molar-refractivity contribution < 1.29 is 4.74 Å². The van der Waals surface area contributed by atoms with Crippen molar-refractivity contribution in [2.45, 2.75) is 13.8 Å². The molecular weight excluding hydrogens is 214 g/mol. The van der Waals surface area contributed by atoms with E-state index in [9.17, 15) is 0 Å². The van der Waals surface area contributed by atoms with E-state index in [1.54, 1.807) is 24.3 Å². The molecule has 84 valence electrons. The lowest BCUT2D eigenvalue weighted by Gasteiger charge is -2.05. The van der Waals surface area contributed by atoms with Crippen LogP contribution in [-0.2, 0) is 0 Å². The summed E-state index contributed by atoms with van der Waals surface area (Å²) in [6, 6.07) is 11.1. The summed E-state index contributed by atoms with van der Waals surface area (Å²) < 4.78 is 5.51. The molecule has 0 saturated carbocycles. The molecular formula is C13H11N3O. The fraction of sp³-hybridized carbons (Fsp3) is 0.154. The SMILES string of the molecule is Cc1cc(C)nc(Oc2cccc(C#N)c2)n1. The lowest BCUT2D eigenvalue weighted by molar-refractivity contribution is 0.439. The van der Waals surface area contributed by atoms with E-state index in [2.05, 4.69) is 16.0 Å². The van der Waals surface area contributed by atoms with Crippen LogP contribution in [0.2, 0.25) is 0 Å². The molecule has 17 heavy (non-hydrogen) atoms. The number of hydrogen-bond acceptors (Lipinski definition) is 4. The summed E-state index contributed by atoms with van der Waals surface area (Å²) in [5.74, 6) is 0.564. The molecule has 2 aromatic rings. The summed E-state index contributed by atoms with van der Waals surface area (Å²) >= 11 is 0. The van der Waals surface area contributed by atoms with Gasteiger partial charge in [0.2, 0.25) is 0 Å². The molecule has 0 unspecified atom stereocenters. The van der Waals surface area contributed by atoms with Crippen LogP contribution >= 0.6 is 0 Å². The van der Waals surface area contributed by atoms with Crippen LogP contribution in [0.4, 0.5) is 0 Å². The van der Waals surface area contributed by atoms with E-state index < -0.39 is 0 Å². The van der Waals surface area contributed by atoms with Crippen LogP contribution in [-0.4, -0.2) is 9.97 Å². The van der Waals surface area contributed by atoms with Gasteiger partial charge < -0.3 is 4.74 Å². The second-order valence-corrected chi connectivity index (χ2v) is 3.67. The summed E-state index contributed by atoms with van der Waals surface area (Å²) in [5, 5.41) is 8.78. The van der Waals surface area contributed by atoms with Crippen LogP contribution in [0.25, 0.3) is 0 Å². The number of ether oxygens (including phenoxy) is 1. The first-order chi connectivity index (χ1) is 8.17. The number of aryl methyl sites for hydroxylation is 2. The molecule has 1 aromatic heterocycles. The molecule has 0 aliphatic carbocycles. The first kappa shape index (κ1) is 11.1. The Hall–Kier alpha value is -2.41. The predicted octanol–water partition coefficient (Wildman–Crippen LogP) is 2.76. The average Bonchev–Trinajstić information content (AvgIpc) is 2.28. The second-order valence-electron chi connectivity index (χ2n) is 3.67. The third-order valence-corrected chi connectivity index (χ3v) is 2.13. The standard InChI is InChI=1S/C13H11N3O/c1-9-6-10(2)16-13(15-9)17-12-5-3-4-11(7-12)8-14/h3-7H,1-2H3. The summed E-state index contributed by atoms with van der Waals surface area (Å²) in [7, 11) is 0. The zero-order valence-corrected chi connectivity index (χ0v) is 9.64. The molecule has 0 fully saturated rings. The summed E-state index contributed by atoms with van der Waals surface area (Å²) in [5.41, 5.74) is 2.25. The summed E-state index contributed by atoms with van der Waals surface area (Å²) in [4.78, 5) is 8.34. The number of hydrogen-bond donors (Lipinski definition) is 0. The fourth-order valence-corrected chi connectivity index (χ4v) is 1.47. The Labute approximate surface area is 99.5 Å². The van der Waals surface area contributed by atoms with Crippen molar-refractivity contribution in [2.24, 2.45) is 0 Å². The number of aromatic nitrogens is 2. The Morgan fingerprint density at radius 2 is 1.82 bits per heavy atom. The summed E-state index contributed by atoms with van der Waals surface area (Å²) in [6.07, 6.45) is 0. The molecule has 0 saturated heterocycles. The van der Waals surface area contributed by atoms with Crippen molar-refractivity contribution in [3.05, 3.63) is 47.3 Å². The number of benzene rings is 1. The molecule has 0 aliphatic heterocycles. The number of nitriles is 1. The molecule has 1 heterocycles. The van der Waals surface area contributed by atoms with Crippen molar-refractivity contribution in [1.82, 2.24) is 9.97 Å². The van der Waals surface area contributed by atoms with Gasteiger partial charge in [-0.25, -0.2) is 9.97 Å². The first-order valence-electron chi connectivity index (χ1n) is 5.17. The molecule has 4 heteroatoms. The second kappa shape index (κ2) is 4.62. The van der Waals surface area contributed by atoms with Crippen molar-refractivity contribution in [3.8, 4) is 17.8 Å². The maximum absolute atomic E-state index is 8.78. The van der Waals surface area contributed by atoms with Crippen molar-refractivity contribution in [1.29, 1.82) is 5.26 Å². The highest BCUT2D eigenvalue weighted by atomic mass is 16.5. The highest BCUT2D eigenvalue weighted by molar-refractivity contribution is 5.37. The monoisotopic (exact) mass is 225 g/mol. The van der Waals surface area contributed by atoms with E-state index in [0.29, 0.717) is 17.3 Å². The van der Waals surface area contributed by atoms with Crippen LogP contribution < -0.4 is 4.74 Å². The highest BCUT2D eigenvalue weighted by Gasteiger charge is 2.03. The highest BCUT2D eigenvalue weighted by Crippen LogP contribution is 2.19. The van der Waals surface area contributed by atoms with Crippen LogP contribution in [0.5, 0.6) is 11.8 Å². The fourth-order valence-electron chi connectivity index (χ4n) is 1.47. The van der Waals surface area contributed by atoms with Gasteiger partial charge in [0.05, 0.1) is 11.6 Å². The van der Waals surface area contributed by atoms with Gasteiger partial charge in [0.15, 0.2) is 0 Å². The Morgan fingerprint density at radius 3 is 2.47 bits per heavy atom. The maximum atomic E-state index is 8.78. The zero-order chi connectivity index (χ0) is 12.3. The average molecular weight is 225 g/mol. The Balaban J connectivity index is 2.28. The molecule has 4 nitrogen and oxygen atoms in total. The van der Waals surface area contributed by atoms with Crippen molar-refractivity contribution in [2.75, 3.05) is 0 Å². The van der Waals surface area contributed by atoms with Crippen LogP contribution in [0.1, 0.15) is 17.0 Å². The smallest absolute Gasteiger partial charge is 0.322 e. The predicted molar refractivity (Wildman–Crippen MR) is 62.7 cm³/mol. The Kier molecular flexibility index (Phi) is 3.01. The van der Waals surface area contributed by atoms with Crippen LogP contribution in [0.3, 0.4) is 0 Å². The quantitative estimate of drug-likeness (QED) is 0.788. The topological polar surface area (TPSA) is 58.8 Å². The minimum absolute atomic E-state index is 0.303. The zero-order valence-electron chi connectivity index (χ0n) is 9.64. The van der Waals surface area contributed by atoms with E-state index in [1.165, 1.54) is 0 Å². The minimum Gasteiger partial charge on any atom is -0.424 e. The first-order valence-corrected chi connectivity index (χ1v) is 5.17. The van der Waals surface area contributed by atoms with E-state index in [4.69, 9.17) is 10.00 Å². The van der Waals surface area contributed by atoms with Gasteiger partial charge in [-0.1, -0.05) is 6.07 Å². The number of rotatable bonds is 2. The van der Waals surface area contributed by atoms with Gasteiger partial charge >= 0.3 is 6.01 Å². The summed E-state index contributed by atoms with van der Waals surface area (Å²) in [6.45, 7) is 3.76. The molecule has 0 atom stereocenters. The van der Waals surface area contributed by atoms with E-state index in [0.717, 1.165) is 11.4 Å². The van der Waals surface area contributed by atoms with E-state index in [1.807, 2.05) is 19.9 Å². The van der Waals surface area contributed by atoms with Crippen LogP contribution in [0.15, 0.2) is 30.3 Å². The molecule has 0 N–H and O–H groups in total. The molecule has 0 bridgehead atoms. The van der Waals surface area contributed by atoms with E-state index in [-0.39, 0.29) is 0 Å². The number of nitrogens with zero attached hydrogens (tertiary/aromatic N) is 3. The molecule has 0 spiro atoms. The lowest BCUT2D eigenvalue weighted by atomic mass is 10.2. The molecule has 1 aromatic carbocycles. The van der Waals surface area contributed by atoms with Gasteiger partial charge in [-0.15, -0.1) is 0 Å². The largest absolute Gasteiger partial charge is 0.424 e. The molecule has 0 amide bonds. The van der Waals surface area contributed by atoms with Crippen molar-refractivity contribution in [3.63, 3.8) is 0 Å². The van der Waals surface area contributed by atoms with Crippen molar-refractivity contribution >= 4 is 0 Å². The van der Waals surface area contributed by atoms with E-state index >= 15 is 0 Å².